The molecule has 1 fully saturated rings. The number of nitrogens with one attached hydrogen (secondary N) is 1. The normalized spacial score (nSPS) is 20.7. The lowest BCUT2D eigenvalue weighted by Crippen LogP contribution is -2.43. The van der Waals surface area contributed by atoms with Gasteiger partial charge in [0.1, 0.15) is 5.60 Å². The first-order valence-electron chi connectivity index (χ1n) is 7.25. The van der Waals surface area contributed by atoms with Crippen LogP contribution in [0.5, 0.6) is 0 Å². The Hall–Kier alpha value is -1.83. The first-order valence-corrected chi connectivity index (χ1v) is 7.25. The number of carbonyl (C=O) groups is 1. The van der Waals surface area contributed by atoms with Crippen LogP contribution in [0, 0.1) is 11.8 Å². The third kappa shape index (κ3) is 4.32. The highest BCUT2D eigenvalue weighted by atomic mass is 16.5. The van der Waals surface area contributed by atoms with E-state index >= 15 is 0 Å². The van der Waals surface area contributed by atoms with E-state index in [1.54, 1.807) is 0 Å². The number of aliphatic hydroxyl groups excluding tert-OH is 1. The maximum absolute atomic E-state index is 12.1. The number of benzene rings is 1. The van der Waals surface area contributed by atoms with Crippen molar-refractivity contribution in [1.29, 1.82) is 0 Å². The lowest BCUT2D eigenvalue weighted by atomic mass is 10.0. The van der Waals surface area contributed by atoms with Crippen molar-refractivity contribution in [1.82, 2.24) is 5.32 Å². The first-order chi connectivity index (χ1) is 10.1. The van der Waals surface area contributed by atoms with Gasteiger partial charge in [-0.25, -0.2) is 0 Å². The standard InChI is InChI=1S/C17H21NO3/c1-17(10-4-12-21-17)16(20)18-13-15-8-6-14(7-9-15)5-2-3-11-19/h6-9,19H,3-4,10-13H2,1H3,(H,18,20). The summed E-state index contributed by atoms with van der Waals surface area (Å²) in [6, 6.07) is 7.72. The van der Waals surface area contributed by atoms with Crippen LogP contribution in [0.15, 0.2) is 24.3 Å². The summed E-state index contributed by atoms with van der Waals surface area (Å²) in [6.45, 7) is 3.07. The van der Waals surface area contributed by atoms with Gasteiger partial charge in [-0.1, -0.05) is 24.0 Å². The quantitative estimate of drug-likeness (QED) is 0.827. The third-order valence-corrected chi connectivity index (χ3v) is 3.58. The molecule has 4 nitrogen and oxygen atoms in total. The van der Waals surface area contributed by atoms with Gasteiger partial charge >= 0.3 is 0 Å². The summed E-state index contributed by atoms with van der Waals surface area (Å²) in [6.07, 6.45) is 2.19. The van der Waals surface area contributed by atoms with Gasteiger partial charge in [-0.05, 0) is 37.5 Å². The van der Waals surface area contributed by atoms with Crippen molar-refractivity contribution in [2.24, 2.45) is 0 Å². The molecule has 1 aliphatic heterocycles. The van der Waals surface area contributed by atoms with Crippen molar-refractivity contribution in [3.8, 4) is 11.8 Å². The van der Waals surface area contributed by atoms with Crippen LogP contribution in [0.3, 0.4) is 0 Å². The highest BCUT2D eigenvalue weighted by Crippen LogP contribution is 2.25. The second kappa shape index (κ2) is 7.26. The maximum atomic E-state index is 12.1. The Labute approximate surface area is 125 Å². The lowest BCUT2D eigenvalue weighted by Gasteiger charge is -2.21. The molecule has 1 saturated heterocycles. The number of amides is 1. The van der Waals surface area contributed by atoms with Crippen LogP contribution < -0.4 is 5.32 Å². The largest absolute Gasteiger partial charge is 0.395 e. The average molecular weight is 287 g/mol. The molecule has 21 heavy (non-hydrogen) atoms. The molecule has 112 valence electrons. The van der Waals surface area contributed by atoms with Crippen molar-refractivity contribution in [3.05, 3.63) is 35.4 Å². The van der Waals surface area contributed by atoms with Crippen LogP contribution in [0.1, 0.15) is 37.3 Å². The number of hydrogen-bond donors (Lipinski definition) is 2. The van der Waals surface area contributed by atoms with Crippen LogP contribution in [0.2, 0.25) is 0 Å². The summed E-state index contributed by atoms with van der Waals surface area (Å²) in [5, 5.41) is 11.6. The Kier molecular flexibility index (Phi) is 5.38. The summed E-state index contributed by atoms with van der Waals surface area (Å²) in [7, 11) is 0. The molecular weight excluding hydrogens is 266 g/mol. The van der Waals surface area contributed by atoms with Gasteiger partial charge < -0.3 is 15.2 Å². The Morgan fingerprint density at radius 1 is 1.43 bits per heavy atom. The van der Waals surface area contributed by atoms with Crippen LogP contribution in [-0.4, -0.2) is 29.8 Å². The molecule has 1 aliphatic rings. The van der Waals surface area contributed by atoms with Gasteiger partial charge in [0, 0.05) is 25.1 Å². The van der Waals surface area contributed by atoms with Crippen LogP contribution in [0.4, 0.5) is 0 Å². The fraction of sp³-hybridized carbons (Fsp3) is 0.471. The maximum Gasteiger partial charge on any atom is 0.252 e. The molecule has 1 unspecified atom stereocenters. The molecule has 0 aromatic heterocycles. The van der Waals surface area contributed by atoms with Gasteiger partial charge in [0.25, 0.3) is 5.91 Å². The summed E-state index contributed by atoms with van der Waals surface area (Å²) in [4.78, 5) is 12.1. The van der Waals surface area contributed by atoms with Crippen LogP contribution in [-0.2, 0) is 16.1 Å². The predicted octanol–water partition coefficient (Wildman–Crippen LogP) is 1.61. The summed E-state index contributed by atoms with van der Waals surface area (Å²) in [5.74, 6) is 5.80. The molecule has 1 aromatic carbocycles. The summed E-state index contributed by atoms with van der Waals surface area (Å²) in [5.41, 5.74) is 1.26. The monoisotopic (exact) mass is 287 g/mol. The van der Waals surface area contributed by atoms with Gasteiger partial charge in [0.2, 0.25) is 0 Å². The SMILES string of the molecule is CC1(C(=O)NCc2ccc(C#CCCO)cc2)CCCO1. The van der Waals surface area contributed by atoms with Crippen molar-refractivity contribution in [2.45, 2.75) is 38.3 Å². The smallest absolute Gasteiger partial charge is 0.252 e. The molecule has 0 saturated carbocycles. The van der Waals surface area contributed by atoms with Gasteiger partial charge in [0.05, 0.1) is 6.61 Å². The van der Waals surface area contributed by atoms with Crippen molar-refractivity contribution >= 4 is 5.91 Å². The van der Waals surface area contributed by atoms with Crippen molar-refractivity contribution < 1.29 is 14.6 Å². The molecule has 0 bridgehead atoms. The van der Waals surface area contributed by atoms with Gasteiger partial charge in [0.15, 0.2) is 0 Å². The minimum Gasteiger partial charge on any atom is -0.395 e. The fourth-order valence-electron chi connectivity index (χ4n) is 2.25. The first kappa shape index (κ1) is 15.6. The van der Waals surface area contributed by atoms with Gasteiger partial charge in [-0.15, -0.1) is 0 Å². The minimum atomic E-state index is -0.671. The highest BCUT2D eigenvalue weighted by molar-refractivity contribution is 5.84. The van der Waals surface area contributed by atoms with E-state index in [2.05, 4.69) is 17.2 Å². The topological polar surface area (TPSA) is 58.6 Å². The Balaban J connectivity index is 1.86. The molecule has 0 radical (unpaired) electrons. The Bertz CT molecular complexity index is 533. The van der Waals surface area contributed by atoms with Crippen molar-refractivity contribution in [3.63, 3.8) is 0 Å². The predicted molar refractivity (Wildman–Crippen MR) is 80.5 cm³/mol. The molecule has 1 atom stereocenters. The lowest BCUT2D eigenvalue weighted by molar-refractivity contribution is -0.139. The molecule has 0 aliphatic carbocycles. The van der Waals surface area contributed by atoms with E-state index in [0.717, 1.165) is 24.0 Å². The minimum absolute atomic E-state index is 0.0492. The third-order valence-electron chi connectivity index (χ3n) is 3.58. The van der Waals surface area contributed by atoms with Gasteiger partial charge in [-0.2, -0.15) is 0 Å². The molecule has 1 amide bonds. The molecule has 2 N–H and O–H groups in total. The molecule has 0 spiro atoms. The second-order valence-electron chi connectivity index (χ2n) is 5.34. The van der Waals surface area contributed by atoms with Crippen LogP contribution in [0.25, 0.3) is 0 Å². The average Bonchev–Trinajstić information content (AvgIpc) is 2.94. The number of hydrogen-bond acceptors (Lipinski definition) is 3. The van der Waals surface area contributed by atoms with Crippen LogP contribution >= 0.6 is 0 Å². The van der Waals surface area contributed by atoms with E-state index in [0.29, 0.717) is 19.6 Å². The Morgan fingerprint density at radius 3 is 2.81 bits per heavy atom. The summed E-state index contributed by atoms with van der Waals surface area (Å²) < 4.78 is 5.51. The number of carbonyl (C=O) groups excluding carboxylic acids is 1. The second-order valence-corrected chi connectivity index (χ2v) is 5.34. The van der Waals surface area contributed by atoms with E-state index in [9.17, 15) is 4.79 Å². The van der Waals surface area contributed by atoms with Crippen molar-refractivity contribution in [2.75, 3.05) is 13.2 Å². The van der Waals surface area contributed by atoms with Gasteiger partial charge in [-0.3, -0.25) is 4.79 Å². The van der Waals surface area contributed by atoms with E-state index in [-0.39, 0.29) is 12.5 Å². The van der Waals surface area contributed by atoms with E-state index in [1.807, 2.05) is 31.2 Å². The van der Waals surface area contributed by atoms with E-state index in [4.69, 9.17) is 9.84 Å². The molecule has 1 aromatic rings. The molecule has 1 heterocycles. The number of rotatable bonds is 4. The molecular formula is C17H21NO3. The fourth-order valence-corrected chi connectivity index (χ4v) is 2.25. The molecule has 4 heteroatoms. The zero-order chi connectivity index (χ0) is 15.1. The highest BCUT2D eigenvalue weighted by Gasteiger charge is 2.37. The summed E-state index contributed by atoms with van der Waals surface area (Å²) >= 11 is 0. The zero-order valence-electron chi connectivity index (χ0n) is 12.3. The van der Waals surface area contributed by atoms with E-state index < -0.39 is 5.60 Å². The Morgan fingerprint density at radius 2 is 2.19 bits per heavy atom. The zero-order valence-corrected chi connectivity index (χ0v) is 12.3. The van der Waals surface area contributed by atoms with E-state index in [1.165, 1.54) is 0 Å². The number of aliphatic hydroxyl groups is 1. The number of ether oxygens (including phenoxy) is 1. The molecule has 2 rings (SSSR count).